The maximum Gasteiger partial charge on any atom is 0.165 e. The SMILES string of the molecule is c1ccc(-c2nc(-c3ccccc3)nc(-c3cccc4c3sc3c4ccc4c3oc3cccc(-n5c6ccccc6c6ccccc65)c34)n2)cc1. The van der Waals surface area contributed by atoms with E-state index in [1.165, 1.54) is 21.8 Å². The number of nitrogens with zero attached hydrogens (tertiary/aromatic N) is 4. The van der Waals surface area contributed by atoms with Crippen LogP contribution in [-0.4, -0.2) is 19.5 Å². The number of furan rings is 1. The Bertz CT molecular complexity index is 3030. The van der Waals surface area contributed by atoms with Gasteiger partial charge in [-0.15, -0.1) is 11.3 Å². The summed E-state index contributed by atoms with van der Waals surface area (Å²) in [6.07, 6.45) is 0. The quantitative estimate of drug-likeness (QED) is 0.187. The first-order chi connectivity index (χ1) is 25.3. The van der Waals surface area contributed by atoms with Crippen molar-refractivity contribution < 1.29 is 4.42 Å². The van der Waals surface area contributed by atoms with Gasteiger partial charge in [-0.1, -0.05) is 121 Å². The van der Waals surface area contributed by atoms with E-state index in [2.05, 4.69) is 102 Å². The van der Waals surface area contributed by atoms with Gasteiger partial charge in [-0.25, -0.2) is 15.0 Å². The summed E-state index contributed by atoms with van der Waals surface area (Å²) < 4.78 is 11.4. The van der Waals surface area contributed by atoms with Gasteiger partial charge in [0.2, 0.25) is 0 Å². The predicted octanol–water partition coefficient (Wildman–Crippen LogP) is 12.2. The molecule has 0 unspecified atom stereocenters. The van der Waals surface area contributed by atoms with Crippen LogP contribution in [-0.2, 0) is 0 Å². The smallest absolute Gasteiger partial charge is 0.165 e. The Hall–Kier alpha value is -6.63. The zero-order chi connectivity index (χ0) is 33.5. The van der Waals surface area contributed by atoms with E-state index in [0.717, 1.165) is 64.5 Å². The first kappa shape index (κ1) is 28.2. The molecule has 238 valence electrons. The minimum atomic E-state index is 0.648. The van der Waals surface area contributed by atoms with Crippen LogP contribution in [0.3, 0.4) is 0 Å². The second kappa shape index (κ2) is 10.9. The molecule has 11 rings (SSSR count). The van der Waals surface area contributed by atoms with Crippen molar-refractivity contribution in [2.45, 2.75) is 0 Å². The fourth-order valence-electron chi connectivity index (χ4n) is 7.59. The Balaban J connectivity index is 1.16. The number of para-hydroxylation sites is 2. The van der Waals surface area contributed by atoms with Crippen molar-refractivity contribution in [3.8, 4) is 39.9 Å². The zero-order valence-electron chi connectivity index (χ0n) is 27.1. The lowest BCUT2D eigenvalue weighted by Crippen LogP contribution is -2.00. The highest BCUT2D eigenvalue weighted by Gasteiger charge is 2.22. The normalized spacial score (nSPS) is 11.9. The van der Waals surface area contributed by atoms with E-state index in [1.807, 2.05) is 60.7 Å². The summed E-state index contributed by atoms with van der Waals surface area (Å²) in [4.78, 5) is 15.0. The summed E-state index contributed by atoms with van der Waals surface area (Å²) in [6.45, 7) is 0. The van der Waals surface area contributed by atoms with Crippen molar-refractivity contribution in [1.29, 1.82) is 0 Å². The molecule has 0 bridgehead atoms. The van der Waals surface area contributed by atoms with Gasteiger partial charge in [0.25, 0.3) is 0 Å². The summed E-state index contributed by atoms with van der Waals surface area (Å²) in [5.41, 5.74) is 8.10. The average Bonchev–Trinajstić information content (AvgIpc) is 3.88. The van der Waals surface area contributed by atoms with Crippen LogP contribution >= 0.6 is 11.3 Å². The number of aromatic nitrogens is 4. The number of fused-ring (bicyclic) bond motifs is 10. The molecular formula is C45H26N4OS. The van der Waals surface area contributed by atoms with E-state index in [-0.39, 0.29) is 0 Å². The second-order valence-corrected chi connectivity index (χ2v) is 13.8. The van der Waals surface area contributed by atoms with Crippen LogP contribution in [0.25, 0.3) is 104 Å². The summed E-state index contributed by atoms with van der Waals surface area (Å²) in [6, 6.07) is 54.8. The molecule has 51 heavy (non-hydrogen) atoms. The number of thiophene rings is 1. The fourth-order valence-corrected chi connectivity index (χ4v) is 8.89. The van der Waals surface area contributed by atoms with Crippen LogP contribution in [0.5, 0.6) is 0 Å². The van der Waals surface area contributed by atoms with Gasteiger partial charge in [0.15, 0.2) is 23.1 Å². The Morgan fingerprint density at radius 3 is 1.67 bits per heavy atom. The van der Waals surface area contributed by atoms with E-state index in [1.54, 1.807) is 11.3 Å². The highest BCUT2D eigenvalue weighted by Crippen LogP contribution is 2.46. The largest absolute Gasteiger partial charge is 0.454 e. The van der Waals surface area contributed by atoms with Crippen LogP contribution in [0, 0.1) is 0 Å². The van der Waals surface area contributed by atoms with Gasteiger partial charge < -0.3 is 8.98 Å². The maximum absolute atomic E-state index is 6.81. The van der Waals surface area contributed by atoms with E-state index in [4.69, 9.17) is 19.4 Å². The van der Waals surface area contributed by atoms with Crippen molar-refractivity contribution in [1.82, 2.24) is 19.5 Å². The molecule has 0 N–H and O–H groups in total. The molecule has 4 heterocycles. The van der Waals surface area contributed by atoms with Crippen molar-refractivity contribution in [3.63, 3.8) is 0 Å². The Labute approximate surface area is 295 Å². The molecule has 0 saturated heterocycles. The third kappa shape index (κ3) is 4.24. The first-order valence-corrected chi connectivity index (χ1v) is 17.8. The minimum Gasteiger partial charge on any atom is -0.454 e. The molecular weight excluding hydrogens is 645 g/mol. The number of hydrogen-bond donors (Lipinski definition) is 0. The minimum absolute atomic E-state index is 0.648. The molecule has 7 aromatic carbocycles. The van der Waals surface area contributed by atoms with Crippen LogP contribution in [0.15, 0.2) is 162 Å². The molecule has 4 aromatic heterocycles. The highest BCUT2D eigenvalue weighted by molar-refractivity contribution is 7.27. The van der Waals surface area contributed by atoms with Gasteiger partial charge >= 0.3 is 0 Å². The molecule has 6 heteroatoms. The van der Waals surface area contributed by atoms with E-state index < -0.39 is 0 Å². The second-order valence-electron chi connectivity index (χ2n) is 12.8. The molecule has 0 saturated carbocycles. The molecule has 11 aromatic rings. The van der Waals surface area contributed by atoms with E-state index in [0.29, 0.717) is 17.5 Å². The third-order valence-electron chi connectivity index (χ3n) is 9.87. The van der Waals surface area contributed by atoms with Crippen molar-refractivity contribution in [3.05, 3.63) is 158 Å². The first-order valence-electron chi connectivity index (χ1n) is 17.0. The van der Waals surface area contributed by atoms with Gasteiger partial charge in [0, 0.05) is 48.3 Å². The standard InChI is InChI=1S/C45H26N4OS/c1-3-13-27(14-4-1)43-46-44(28-15-5-2-6-16-28)48-45(47-43)34-20-11-19-31-32-25-26-33-39-37(23-12-24-38(39)50-40(33)42(32)51-41(31)34)49-35-21-9-7-17-29(35)30-18-8-10-22-36(30)49/h1-26H. The maximum atomic E-state index is 6.81. The lowest BCUT2D eigenvalue weighted by molar-refractivity contribution is 0.673. The van der Waals surface area contributed by atoms with E-state index in [9.17, 15) is 0 Å². The summed E-state index contributed by atoms with van der Waals surface area (Å²) in [5, 5.41) is 6.99. The van der Waals surface area contributed by atoms with Crippen molar-refractivity contribution in [2.75, 3.05) is 0 Å². The molecule has 0 aliphatic heterocycles. The number of rotatable bonds is 4. The van der Waals surface area contributed by atoms with Crippen LogP contribution in [0.2, 0.25) is 0 Å². The van der Waals surface area contributed by atoms with Crippen LogP contribution in [0.4, 0.5) is 0 Å². The van der Waals surface area contributed by atoms with Crippen molar-refractivity contribution in [2.24, 2.45) is 0 Å². The number of hydrogen-bond acceptors (Lipinski definition) is 5. The Morgan fingerprint density at radius 1 is 0.431 bits per heavy atom. The zero-order valence-corrected chi connectivity index (χ0v) is 27.9. The predicted molar refractivity (Wildman–Crippen MR) is 211 cm³/mol. The van der Waals surface area contributed by atoms with Gasteiger partial charge in [-0.2, -0.15) is 0 Å². The average molecular weight is 671 g/mol. The summed E-state index contributed by atoms with van der Waals surface area (Å²) in [5.74, 6) is 1.94. The highest BCUT2D eigenvalue weighted by atomic mass is 32.1. The Morgan fingerprint density at radius 2 is 0.980 bits per heavy atom. The molecule has 0 amide bonds. The lowest BCUT2D eigenvalue weighted by atomic mass is 10.1. The molecule has 0 atom stereocenters. The topological polar surface area (TPSA) is 56.7 Å². The van der Waals surface area contributed by atoms with Crippen LogP contribution in [0.1, 0.15) is 0 Å². The molecule has 0 spiro atoms. The third-order valence-corrected chi connectivity index (χ3v) is 11.1. The monoisotopic (exact) mass is 670 g/mol. The molecule has 0 aliphatic rings. The lowest BCUT2D eigenvalue weighted by Gasteiger charge is -2.09. The van der Waals surface area contributed by atoms with Crippen LogP contribution < -0.4 is 0 Å². The van der Waals surface area contributed by atoms with Gasteiger partial charge in [-0.05, 0) is 36.4 Å². The van der Waals surface area contributed by atoms with E-state index >= 15 is 0 Å². The van der Waals surface area contributed by atoms with Crippen molar-refractivity contribution >= 4 is 75.3 Å². The molecule has 0 aliphatic carbocycles. The fraction of sp³-hybridized carbons (Fsp3) is 0. The summed E-state index contributed by atoms with van der Waals surface area (Å²) >= 11 is 1.74. The molecule has 0 fully saturated rings. The van der Waals surface area contributed by atoms with Gasteiger partial charge in [-0.3, -0.25) is 0 Å². The van der Waals surface area contributed by atoms with Gasteiger partial charge in [0.1, 0.15) is 5.58 Å². The molecule has 0 radical (unpaired) electrons. The number of benzene rings is 7. The summed E-state index contributed by atoms with van der Waals surface area (Å²) in [7, 11) is 0. The van der Waals surface area contributed by atoms with Gasteiger partial charge in [0.05, 0.1) is 26.8 Å². The molecule has 5 nitrogen and oxygen atoms in total. The Kier molecular flexibility index (Phi) is 6.05.